The lowest BCUT2D eigenvalue weighted by atomic mass is 9.72. The molecule has 2 fully saturated rings. The predicted octanol–water partition coefficient (Wildman–Crippen LogP) is 5.96. The van der Waals surface area contributed by atoms with Crippen LogP contribution in [-0.4, -0.2) is 0 Å². The molecule has 0 saturated heterocycles. The van der Waals surface area contributed by atoms with E-state index < -0.39 is 0 Å². The van der Waals surface area contributed by atoms with E-state index in [0.29, 0.717) is 0 Å². The summed E-state index contributed by atoms with van der Waals surface area (Å²) < 4.78 is 0. The van der Waals surface area contributed by atoms with E-state index in [2.05, 4.69) is 39.3 Å². The summed E-state index contributed by atoms with van der Waals surface area (Å²) >= 11 is 0. The Kier molecular flexibility index (Phi) is 4.38. The van der Waals surface area contributed by atoms with Crippen molar-refractivity contribution in [2.45, 2.75) is 65.7 Å². The molecule has 0 bridgehead atoms. The molecule has 3 rings (SSSR count). The summed E-state index contributed by atoms with van der Waals surface area (Å²) in [5, 5.41) is 0. The molecule has 0 heteroatoms. The van der Waals surface area contributed by atoms with Crippen molar-refractivity contribution in [3.8, 4) is 0 Å². The van der Waals surface area contributed by atoms with Gasteiger partial charge >= 0.3 is 0 Å². The molecule has 3 aliphatic carbocycles. The van der Waals surface area contributed by atoms with Crippen molar-refractivity contribution in [2.75, 3.05) is 0 Å². The van der Waals surface area contributed by atoms with Crippen molar-refractivity contribution in [3.63, 3.8) is 0 Å². The van der Waals surface area contributed by atoms with Crippen LogP contribution in [0.4, 0.5) is 0 Å². The van der Waals surface area contributed by atoms with Gasteiger partial charge in [-0.15, -0.1) is 0 Å². The van der Waals surface area contributed by atoms with Crippen molar-refractivity contribution in [2.24, 2.45) is 29.6 Å². The Hall–Kier alpha value is -0.520. The molecule has 0 spiro atoms. The lowest BCUT2D eigenvalue weighted by Gasteiger charge is -2.33. The van der Waals surface area contributed by atoms with E-state index in [1.165, 1.54) is 44.9 Å². The van der Waals surface area contributed by atoms with Gasteiger partial charge in [0.2, 0.25) is 0 Å². The van der Waals surface area contributed by atoms with Gasteiger partial charge < -0.3 is 0 Å². The van der Waals surface area contributed by atoms with Gasteiger partial charge in [-0.25, -0.2) is 0 Å². The van der Waals surface area contributed by atoms with Crippen LogP contribution in [0, 0.1) is 36.0 Å². The Balaban J connectivity index is 1.62. The van der Waals surface area contributed by atoms with Crippen molar-refractivity contribution in [1.82, 2.24) is 0 Å². The van der Waals surface area contributed by atoms with Gasteiger partial charge in [0.15, 0.2) is 0 Å². The van der Waals surface area contributed by atoms with Crippen LogP contribution < -0.4 is 0 Å². The maximum atomic E-state index is 2.57. The Labute approximate surface area is 125 Å². The van der Waals surface area contributed by atoms with E-state index in [4.69, 9.17) is 0 Å². The summed E-state index contributed by atoms with van der Waals surface area (Å²) in [4.78, 5) is 0. The van der Waals surface area contributed by atoms with Crippen molar-refractivity contribution in [3.05, 3.63) is 29.7 Å². The van der Waals surface area contributed by atoms with E-state index in [9.17, 15) is 0 Å². The van der Waals surface area contributed by atoms with Crippen LogP contribution in [-0.2, 0) is 0 Å². The summed E-state index contributed by atoms with van der Waals surface area (Å²) in [5.74, 6) is 4.47. The van der Waals surface area contributed by atoms with Crippen molar-refractivity contribution < 1.29 is 0 Å². The molecule has 0 nitrogen and oxygen atoms in total. The summed E-state index contributed by atoms with van der Waals surface area (Å²) in [6, 6.07) is 0. The minimum Gasteiger partial charge on any atom is -0.0729 e. The summed E-state index contributed by atoms with van der Waals surface area (Å²) in [6.45, 7) is 7.30. The third-order valence-corrected chi connectivity index (χ3v) is 6.15. The summed E-state index contributed by atoms with van der Waals surface area (Å²) in [5.41, 5.74) is 3.30. The minimum absolute atomic E-state index is 0.836. The predicted molar refractivity (Wildman–Crippen MR) is 87.3 cm³/mol. The maximum absolute atomic E-state index is 2.57. The fraction of sp³-hybridized carbons (Fsp3) is 0.750. The monoisotopic (exact) mass is 271 g/mol. The Morgan fingerprint density at radius 1 is 0.800 bits per heavy atom. The zero-order valence-corrected chi connectivity index (χ0v) is 13.6. The van der Waals surface area contributed by atoms with E-state index in [1.807, 2.05) is 0 Å². The molecule has 20 heavy (non-hydrogen) atoms. The van der Waals surface area contributed by atoms with E-state index in [0.717, 1.165) is 29.6 Å². The first-order valence-corrected chi connectivity index (χ1v) is 8.90. The van der Waals surface area contributed by atoms with Gasteiger partial charge in [0.1, 0.15) is 0 Å². The van der Waals surface area contributed by atoms with E-state index in [-0.39, 0.29) is 0 Å². The highest BCUT2D eigenvalue weighted by Crippen LogP contribution is 2.43. The molecule has 0 aromatic heterocycles. The van der Waals surface area contributed by atoms with Crippen LogP contribution in [0.3, 0.4) is 0 Å². The fourth-order valence-electron chi connectivity index (χ4n) is 4.72. The van der Waals surface area contributed by atoms with Crippen LogP contribution in [0.25, 0.3) is 0 Å². The SMILES string of the molecule is CC1CCC(C2=C[CH]C(C3CCC(C)CC3C)=C2)CC1. The standard InChI is InChI=1S/C20H31/c1-14-4-7-17(8-5-14)18-9-10-19(13-18)20-11-6-15(2)12-16(20)3/h9-10,13-17,20H,4-8,11-12H2,1-3H3. The highest BCUT2D eigenvalue weighted by Gasteiger charge is 2.30. The molecule has 0 N–H and O–H groups in total. The van der Waals surface area contributed by atoms with Gasteiger partial charge in [0, 0.05) is 6.42 Å². The first kappa shape index (κ1) is 14.4. The van der Waals surface area contributed by atoms with Gasteiger partial charge in [-0.05, 0) is 60.8 Å². The molecule has 0 heterocycles. The average molecular weight is 271 g/mol. The fourth-order valence-corrected chi connectivity index (χ4v) is 4.72. The maximum Gasteiger partial charge on any atom is 0.00894 e. The number of hydrogen-bond donors (Lipinski definition) is 0. The molecular formula is C20H31. The highest BCUT2D eigenvalue weighted by molar-refractivity contribution is 5.44. The Morgan fingerprint density at radius 3 is 2.20 bits per heavy atom. The molecule has 0 aromatic carbocycles. The van der Waals surface area contributed by atoms with E-state index in [1.54, 1.807) is 11.1 Å². The third-order valence-electron chi connectivity index (χ3n) is 6.15. The van der Waals surface area contributed by atoms with Gasteiger partial charge in [0.05, 0.1) is 0 Å². The molecule has 1 radical (unpaired) electrons. The zero-order chi connectivity index (χ0) is 14.1. The highest BCUT2D eigenvalue weighted by atomic mass is 14.4. The average Bonchev–Trinajstić information content (AvgIpc) is 2.89. The number of allylic oxidation sites excluding steroid dienone is 4. The largest absolute Gasteiger partial charge is 0.0729 e. The van der Waals surface area contributed by atoms with Crippen molar-refractivity contribution >= 4 is 0 Å². The summed E-state index contributed by atoms with van der Waals surface area (Å²) in [7, 11) is 0. The van der Waals surface area contributed by atoms with Crippen LogP contribution in [0.1, 0.15) is 65.7 Å². The molecule has 0 amide bonds. The number of rotatable bonds is 2. The lowest BCUT2D eigenvalue weighted by molar-refractivity contribution is 0.235. The second-order valence-corrected chi connectivity index (χ2v) is 7.94. The Bertz CT molecular complexity index is 392. The smallest absolute Gasteiger partial charge is 0.00894 e. The normalized spacial score (nSPS) is 42.2. The molecule has 3 aliphatic rings. The molecule has 3 atom stereocenters. The van der Waals surface area contributed by atoms with Crippen molar-refractivity contribution in [1.29, 1.82) is 0 Å². The van der Waals surface area contributed by atoms with Crippen LogP contribution in [0.15, 0.2) is 23.3 Å². The van der Waals surface area contributed by atoms with Crippen LogP contribution >= 0.6 is 0 Å². The molecular weight excluding hydrogens is 240 g/mol. The van der Waals surface area contributed by atoms with Crippen LogP contribution in [0.2, 0.25) is 0 Å². The minimum atomic E-state index is 0.836. The second-order valence-electron chi connectivity index (χ2n) is 7.94. The van der Waals surface area contributed by atoms with Gasteiger partial charge in [-0.2, -0.15) is 0 Å². The molecule has 3 unspecified atom stereocenters. The number of hydrogen-bond acceptors (Lipinski definition) is 0. The third kappa shape index (κ3) is 3.05. The second kappa shape index (κ2) is 6.08. The summed E-state index contributed by atoms with van der Waals surface area (Å²) in [6.07, 6.45) is 17.4. The topological polar surface area (TPSA) is 0 Å². The van der Waals surface area contributed by atoms with E-state index >= 15 is 0 Å². The van der Waals surface area contributed by atoms with Gasteiger partial charge in [-0.3, -0.25) is 0 Å². The Morgan fingerprint density at radius 2 is 1.50 bits per heavy atom. The lowest BCUT2D eigenvalue weighted by Crippen LogP contribution is -2.22. The first-order chi connectivity index (χ1) is 9.63. The molecule has 0 aromatic rings. The zero-order valence-electron chi connectivity index (χ0n) is 13.6. The van der Waals surface area contributed by atoms with Gasteiger partial charge in [0.25, 0.3) is 0 Å². The quantitative estimate of drug-likeness (QED) is 0.581. The first-order valence-electron chi connectivity index (χ1n) is 8.90. The molecule has 0 aliphatic heterocycles. The van der Waals surface area contributed by atoms with Gasteiger partial charge in [-0.1, -0.05) is 57.8 Å². The molecule has 111 valence electrons. The van der Waals surface area contributed by atoms with Crippen LogP contribution in [0.5, 0.6) is 0 Å². The molecule has 2 saturated carbocycles.